The minimum atomic E-state index is -0.229. The summed E-state index contributed by atoms with van der Waals surface area (Å²) in [5.41, 5.74) is 1.77. The number of fused-ring (bicyclic) bond motifs is 1. The molecule has 148 valence electrons. The second-order valence-electron chi connectivity index (χ2n) is 7.50. The molecule has 1 fully saturated rings. The molecule has 0 spiro atoms. The van der Waals surface area contributed by atoms with Crippen LogP contribution >= 0.6 is 11.6 Å². The van der Waals surface area contributed by atoms with E-state index in [1.54, 1.807) is 23.1 Å². The van der Waals surface area contributed by atoms with Crippen LogP contribution in [0.4, 0.5) is 0 Å². The highest BCUT2D eigenvalue weighted by Crippen LogP contribution is 2.36. The summed E-state index contributed by atoms with van der Waals surface area (Å²) in [4.78, 5) is 29.1. The number of carbonyl (C=O) groups excluding carboxylic acids is 1. The zero-order valence-corrected chi connectivity index (χ0v) is 16.8. The zero-order valence-electron chi connectivity index (χ0n) is 16.0. The van der Waals surface area contributed by atoms with E-state index in [1.165, 1.54) is 0 Å². The quantitative estimate of drug-likeness (QED) is 0.637. The van der Waals surface area contributed by atoms with Gasteiger partial charge in [-0.2, -0.15) is 10.1 Å². The maximum atomic E-state index is 13.0. The number of nitrogens with one attached hydrogen (secondary N) is 2. The van der Waals surface area contributed by atoms with Crippen molar-refractivity contribution in [1.82, 2.24) is 35.0 Å². The summed E-state index contributed by atoms with van der Waals surface area (Å²) in [7, 11) is 0. The Morgan fingerprint density at radius 3 is 2.89 bits per heavy atom. The first-order valence-electron chi connectivity index (χ1n) is 9.76. The summed E-state index contributed by atoms with van der Waals surface area (Å²) in [6.45, 7) is 4.88. The summed E-state index contributed by atoms with van der Waals surface area (Å²) >= 11 is 5.90. The summed E-state index contributed by atoms with van der Waals surface area (Å²) in [5.74, 6) is 1.58. The Bertz CT molecular complexity index is 974. The largest absolute Gasteiger partial charge is 0.340 e. The Balaban J connectivity index is 1.65. The Kier molecular flexibility index (Phi) is 5.30. The topological polar surface area (TPSA) is 101 Å². The minimum Gasteiger partial charge on any atom is -0.340 e. The van der Waals surface area contributed by atoms with Gasteiger partial charge in [0.25, 0.3) is 5.91 Å². The molecule has 0 radical (unpaired) electrons. The number of imidazole rings is 1. The van der Waals surface area contributed by atoms with Gasteiger partial charge in [0.15, 0.2) is 5.65 Å². The van der Waals surface area contributed by atoms with Crippen molar-refractivity contribution in [2.24, 2.45) is 11.8 Å². The van der Waals surface area contributed by atoms with E-state index in [4.69, 9.17) is 11.6 Å². The van der Waals surface area contributed by atoms with E-state index in [0.29, 0.717) is 35.1 Å². The molecule has 1 atom stereocenters. The van der Waals surface area contributed by atoms with Gasteiger partial charge in [0.1, 0.15) is 17.0 Å². The number of carbonyl (C=O) groups is 1. The fraction of sp³-hybridized carbons (Fsp3) is 0.526. The lowest BCUT2D eigenvalue weighted by Gasteiger charge is -2.32. The predicted octanol–water partition coefficient (Wildman–Crippen LogP) is 3.52. The number of hydrogen-bond acceptors (Lipinski definition) is 5. The number of aromatic nitrogens is 6. The third-order valence-electron chi connectivity index (χ3n) is 5.59. The predicted molar refractivity (Wildman–Crippen MR) is 106 cm³/mol. The number of aryl methyl sites for hydroxylation is 1. The van der Waals surface area contributed by atoms with Gasteiger partial charge in [-0.3, -0.25) is 9.48 Å². The summed E-state index contributed by atoms with van der Waals surface area (Å²) in [6, 6.07) is 1.51. The lowest BCUT2D eigenvalue weighted by Crippen LogP contribution is -2.36. The third-order valence-corrected chi connectivity index (χ3v) is 5.77. The maximum Gasteiger partial charge on any atom is 0.270 e. The Hall–Kier alpha value is -2.48. The molecule has 8 nitrogen and oxygen atoms in total. The lowest BCUT2D eigenvalue weighted by atomic mass is 9.79. The van der Waals surface area contributed by atoms with Crippen molar-refractivity contribution in [2.45, 2.75) is 52.1 Å². The van der Waals surface area contributed by atoms with Crippen molar-refractivity contribution < 1.29 is 4.79 Å². The van der Waals surface area contributed by atoms with E-state index in [2.05, 4.69) is 37.3 Å². The number of hydrogen-bond donors (Lipinski definition) is 2. The molecule has 28 heavy (non-hydrogen) atoms. The molecule has 1 saturated carbocycles. The van der Waals surface area contributed by atoms with Gasteiger partial charge in [0.2, 0.25) is 5.28 Å². The Labute approximate surface area is 168 Å². The number of H-pyrrole nitrogens is 1. The third kappa shape index (κ3) is 3.73. The zero-order chi connectivity index (χ0) is 19.7. The highest BCUT2D eigenvalue weighted by atomic mass is 35.5. The van der Waals surface area contributed by atoms with Gasteiger partial charge in [0.05, 0.1) is 12.2 Å². The van der Waals surface area contributed by atoms with Crippen LogP contribution in [-0.4, -0.2) is 35.6 Å². The van der Waals surface area contributed by atoms with Crippen molar-refractivity contribution in [3.05, 3.63) is 35.3 Å². The number of halogens is 1. The van der Waals surface area contributed by atoms with E-state index >= 15 is 0 Å². The normalized spacial score (nSPS) is 21.0. The molecule has 1 amide bonds. The molecule has 0 saturated heterocycles. The second-order valence-corrected chi connectivity index (χ2v) is 7.84. The number of nitrogens with zero attached hydrogens (tertiary/aromatic N) is 5. The maximum absolute atomic E-state index is 13.0. The van der Waals surface area contributed by atoms with Gasteiger partial charge in [0, 0.05) is 12.7 Å². The molecule has 1 aliphatic carbocycles. The van der Waals surface area contributed by atoms with Crippen molar-refractivity contribution in [3.63, 3.8) is 0 Å². The fourth-order valence-electron chi connectivity index (χ4n) is 3.97. The van der Waals surface area contributed by atoms with Gasteiger partial charge < -0.3 is 10.3 Å². The SMILES string of the molecule is CCn1nccc1C(=O)NC(c1nc2nc(Cl)ncc2[nH]1)C1CCC(C)CC1. The number of rotatable bonds is 5. The van der Waals surface area contributed by atoms with Crippen molar-refractivity contribution >= 4 is 28.7 Å². The number of aromatic amines is 1. The molecular weight excluding hydrogens is 378 g/mol. The molecular formula is C19H24ClN7O. The van der Waals surface area contributed by atoms with E-state index in [-0.39, 0.29) is 17.2 Å². The van der Waals surface area contributed by atoms with Crippen LogP contribution in [0.25, 0.3) is 11.2 Å². The van der Waals surface area contributed by atoms with Crippen LogP contribution in [0.1, 0.15) is 61.9 Å². The van der Waals surface area contributed by atoms with Crippen molar-refractivity contribution in [2.75, 3.05) is 0 Å². The average molecular weight is 402 g/mol. The van der Waals surface area contributed by atoms with Gasteiger partial charge in [-0.05, 0) is 49.3 Å². The molecule has 9 heteroatoms. The van der Waals surface area contributed by atoms with E-state index < -0.39 is 0 Å². The molecule has 1 unspecified atom stereocenters. The minimum absolute atomic E-state index is 0.146. The molecule has 3 aromatic rings. The molecule has 2 N–H and O–H groups in total. The van der Waals surface area contributed by atoms with Crippen molar-refractivity contribution in [1.29, 1.82) is 0 Å². The fourth-order valence-corrected chi connectivity index (χ4v) is 4.10. The van der Waals surface area contributed by atoms with E-state index in [1.807, 2.05) is 6.92 Å². The molecule has 0 aromatic carbocycles. The number of amides is 1. The molecule has 4 rings (SSSR count). The van der Waals surface area contributed by atoms with Gasteiger partial charge in [-0.1, -0.05) is 19.8 Å². The summed E-state index contributed by atoms with van der Waals surface area (Å²) in [5, 5.41) is 7.55. The van der Waals surface area contributed by atoms with Crippen LogP contribution in [0.5, 0.6) is 0 Å². The first-order valence-corrected chi connectivity index (χ1v) is 10.1. The first kappa shape index (κ1) is 18.9. The Morgan fingerprint density at radius 1 is 1.36 bits per heavy atom. The van der Waals surface area contributed by atoms with Crippen LogP contribution in [0.15, 0.2) is 18.5 Å². The molecule has 1 aliphatic rings. The lowest BCUT2D eigenvalue weighted by molar-refractivity contribution is 0.0894. The smallest absolute Gasteiger partial charge is 0.270 e. The van der Waals surface area contributed by atoms with Crippen LogP contribution in [0, 0.1) is 11.8 Å². The van der Waals surface area contributed by atoms with E-state index in [0.717, 1.165) is 31.6 Å². The molecule has 3 aromatic heterocycles. The van der Waals surface area contributed by atoms with Crippen LogP contribution < -0.4 is 5.32 Å². The Morgan fingerprint density at radius 2 is 2.14 bits per heavy atom. The summed E-state index contributed by atoms with van der Waals surface area (Å²) in [6.07, 6.45) is 7.65. The van der Waals surface area contributed by atoms with Crippen molar-refractivity contribution in [3.8, 4) is 0 Å². The van der Waals surface area contributed by atoms with E-state index in [9.17, 15) is 4.79 Å². The highest BCUT2D eigenvalue weighted by molar-refractivity contribution is 6.28. The average Bonchev–Trinajstić information content (AvgIpc) is 3.33. The van der Waals surface area contributed by atoms with Gasteiger partial charge >= 0.3 is 0 Å². The van der Waals surface area contributed by atoms with Crippen LogP contribution in [0.2, 0.25) is 5.28 Å². The monoisotopic (exact) mass is 401 g/mol. The van der Waals surface area contributed by atoms with Crippen LogP contribution in [0.3, 0.4) is 0 Å². The molecule has 0 bridgehead atoms. The summed E-state index contributed by atoms with van der Waals surface area (Å²) < 4.78 is 1.69. The van der Waals surface area contributed by atoms with Gasteiger partial charge in [-0.25, -0.2) is 9.97 Å². The standard InChI is InChI=1S/C19H24ClN7O/c1-3-27-14(8-9-22-27)18(28)24-15(12-6-4-11(2)5-7-12)17-23-13-10-21-19(20)26-16(13)25-17/h8-12,15H,3-7H2,1-2H3,(H,24,28)(H,21,23,25,26). The molecule has 3 heterocycles. The first-order chi connectivity index (χ1) is 13.5. The van der Waals surface area contributed by atoms with Gasteiger partial charge in [-0.15, -0.1) is 0 Å². The molecule has 0 aliphatic heterocycles. The van der Waals surface area contributed by atoms with Crippen LogP contribution in [-0.2, 0) is 6.54 Å². The highest BCUT2D eigenvalue weighted by Gasteiger charge is 2.31. The second kappa shape index (κ2) is 7.87.